The fourth-order valence-corrected chi connectivity index (χ4v) is 4.03. The summed E-state index contributed by atoms with van der Waals surface area (Å²) < 4.78 is 0. The van der Waals surface area contributed by atoms with E-state index in [1.54, 1.807) is 0 Å². The van der Waals surface area contributed by atoms with Gasteiger partial charge in [-0.1, -0.05) is 30.3 Å². The number of likely N-dealkylation sites (tertiary alicyclic amines) is 2. The molecular formula is C19H28N2O2. The summed E-state index contributed by atoms with van der Waals surface area (Å²) in [7, 11) is 0. The van der Waals surface area contributed by atoms with Gasteiger partial charge in [-0.15, -0.1) is 0 Å². The van der Waals surface area contributed by atoms with Crippen molar-refractivity contribution in [3.63, 3.8) is 0 Å². The molecule has 0 aliphatic carbocycles. The molecule has 0 atom stereocenters. The molecule has 0 aromatic heterocycles. The van der Waals surface area contributed by atoms with Gasteiger partial charge >= 0.3 is 0 Å². The van der Waals surface area contributed by atoms with Gasteiger partial charge in [0.15, 0.2) is 0 Å². The maximum absolute atomic E-state index is 12.4. The van der Waals surface area contributed by atoms with Crippen molar-refractivity contribution in [1.29, 1.82) is 0 Å². The first-order chi connectivity index (χ1) is 11.2. The summed E-state index contributed by atoms with van der Waals surface area (Å²) in [6.45, 7) is 4.86. The standard InChI is InChI=1S/C19H28N2O2/c22-14-13-20-11-8-19(9-12-20)15-18(23)21(16-19)10-4-7-17-5-2-1-3-6-17/h1-3,5-6,22H,4,7-16H2. The first-order valence-electron chi connectivity index (χ1n) is 8.86. The second-order valence-electron chi connectivity index (χ2n) is 7.15. The van der Waals surface area contributed by atoms with E-state index in [1.807, 2.05) is 6.07 Å². The van der Waals surface area contributed by atoms with Crippen molar-refractivity contribution >= 4 is 5.91 Å². The summed E-state index contributed by atoms with van der Waals surface area (Å²) in [5.74, 6) is 0.341. The highest BCUT2D eigenvalue weighted by Gasteiger charge is 2.44. The van der Waals surface area contributed by atoms with Crippen LogP contribution in [0.2, 0.25) is 0 Å². The number of benzene rings is 1. The SMILES string of the molecule is O=C1CC2(CCN(CCO)CC2)CN1CCCc1ccccc1. The molecule has 1 aromatic carbocycles. The molecule has 1 spiro atoms. The minimum atomic E-state index is 0.204. The number of nitrogens with zero attached hydrogens (tertiary/aromatic N) is 2. The molecule has 3 rings (SSSR count). The van der Waals surface area contributed by atoms with Gasteiger partial charge in [0.25, 0.3) is 0 Å². The monoisotopic (exact) mass is 316 g/mol. The summed E-state index contributed by atoms with van der Waals surface area (Å²) in [5.41, 5.74) is 1.56. The number of piperidine rings is 1. The molecule has 2 heterocycles. The van der Waals surface area contributed by atoms with Gasteiger partial charge in [0, 0.05) is 26.1 Å². The van der Waals surface area contributed by atoms with Crippen LogP contribution >= 0.6 is 0 Å². The molecule has 0 unspecified atom stereocenters. The fraction of sp³-hybridized carbons (Fsp3) is 0.632. The zero-order chi connectivity index (χ0) is 16.1. The van der Waals surface area contributed by atoms with E-state index >= 15 is 0 Å². The Labute approximate surface area is 139 Å². The molecule has 2 aliphatic rings. The Bertz CT molecular complexity index is 509. The average molecular weight is 316 g/mol. The zero-order valence-corrected chi connectivity index (χ0v) is 13.9. The minimum Gasteiger partial charge on any atom is -0.395 e. The maximum Gasteiger partial charge on any atom is 0.223 e. The highest BCUT2D eigenvalue weighted by atomic mass is 16.3. The molecule has 1 amide bonds. The summed E-state index contributed by atoms with van der Waals surface area (Å²) >= 11 is 0. The van der Waals surface area contributed by atoms with Crippen LogP contribution in [0.3, 0.4) is 0 Å². The van der Waals surface area contributed by atoms with Gasteiger partial charge in [0.2, 0.25) is 5.91 Å². The summed E-state index contributed by atoms with van der Waals surface area (Å²) in [6, 6.07) is 10.5. The number of aliphatic hydroxyl groups is 1. The lowest BCUT2D eigenvalue weighted by molar-refractivity contribution is -0.127. The number of β-amino-alcohol motifs (C(OH)–C–C–N with tert-alkyl or cyclic N) is 1. The van der Waals surface area contributed by atoms with E-state index in [0.29, 0.717) is 5.91 Å². The lowest BCUT2D eigenvalue weighted by atomic mass is 9.77. The van der Waals surface area contributed by atoms with E-state index in [9.17, 15) is 4.79 Å². The zero-order valence-electron chi connectivity index (χ0n) is 13.9. The summed E-state index contributed by atoms with van der Waals surface area (Å²) in [5, 5.41) is 9.05. The molecule has 1 N–H and O–H groups in total. The van der Waals surface area contributed by atoms with E-state index in [0.717, 1.165) is 64.8 Å². The van der Waals surface area contributed by atoms with Crippen molar-refractivity contribution in [2.45, 2.75) is 32.1 Å². The molecule has 4 heteroatoms. The fourth-order valence-electron chi connectivity index (χ4n) is 4.03. The minimum absolute atomic E-state index is 0.204. The molecular weight excluding hydrogens is 288 g/mol. The Morgan fingerprint density at radius 2 is 1.83 bits per heavy atom. The van der Waals surface area contributed by atoms with Crippen LogP contribution in [0.4, 0.5) is 0 Å². The third kappa shape index (κ3) is 4.12. The molecule has 1 aromatic rings. The first kappa shape index (κ1) is 16.5. The van der Waals surface area contributed by atoms with E-state index in [4.69, 9.17) is 5.11 Å². The van der Waals surface area contributed by atoms with Crippen molar-refractivity contribution in [3.05, 3.63) is 35.9 Å². The van der Waals surface area contributed by atoms with Gasteiger partial charge in [-0.05, 0) is 49.8 Å². The molecule has 0 saturated carbocycles. The van der Waals surface area contributed by atoms with E-state index in [-0.39, 0.29) is 12.0 Å². The third-order valence-corrected chi connectivity index (χ3v) is 5.47. The average Bonchev–Trinajstić information content (AvgIpc) is 2.87. The molecule has 2 aliphatic heterocycles. The van der Waals surface area contributed by atoms with Crippen molar-refractivity contribution in [2.75, 3.05) is 39.3 Å². The van der Waals surface area contributed by atoms with Crippen LogP contribution in [0.25, 0.3) is 0 Å². The van der Waals surface area contributed by atoms with E-state index in [2.05, 4.69) is 34.1 Å². The van der Waals surface area contributed by atoms with Gasteiger partial charge in [-0.25, -0.2) is 0 Å². The number of hydrogen-bond donors (Lipinski definition) is 1. The van der Waals surface area contributed by atoms with Gasteiger partial charge < -0.3 is 14.9 Å². The second-order valence-corrected chi connectivity index (χ2v) is 7.15. The van der Waals surface area contributed by atoms with Gasteiger partial charge in [-0.3, -0.25) is 4.79 Å². The third-order valence-electron chi connectivity index (χ3n) is 5.47. The van der Waals surface area contributed by atoms with Gasteiger partial charge in [-0.2, -0.15) is 0 Å². The molecule has 126 valence electrons. The number of carbonyl (C=O) groups excluding carboxylic acids is 1. The predicted molar refractivity (Wildman–Crippen MR) is 91.2 cm³/mol. The Balaban J connectivity index is 1.46. The lowest BCUT2D eigenvalue weighted by Crippen LogP contribution is -2.42. The van der Waals surface area contributed by atoms with E-state index < -0.39 is 0 Å². The highest BCUT2D eigenvalue weighted by molar-refractivity contribution is 5.79. The smallest absolute Gasteiger partial charge is 0.223 e. The number of aliphatic hydroxyl groups excluding tert-OH is 1. The van der Waals surface area contributed by atoms with Crippen LogP contribution in [0.15, 0.2) is 30.3 Å². The van der Waals surface area contributed by atoms with Crippen LogP contribution in [0.1, 0.15) is 31.2 Å². The Kier molecular flexibility index (Phi) is 5.34. The molecule has 0 bridgehead atoms. The topological polar surface area (TPSA) is 43.8 Å². The lowest BCUT2D eigenvalue weighted by Gasteiger charge is -2.38. The van der Waals surface area contributed by atoms with Crippen molar-refractivity contribution in [1.82, 2.24) is 9.80 Å². The predicted octanol–water partition coefficient (Wildman–Crippen LogP) is 1.93. The summed E-state index contributed by atoms with van der Waals surface area (Å²) in [6.07, 6.45) is 5.00. The summed E-state index contributed by atoms with van der Waals surface area (Å²) in [4.78, 5) is 16.8. The van der Waals surface area contributed by atoms with Crippen LogP contribution in [-0.2, 0) is 11.2 Å². The Hall–Kier alpha value is -1.39. The molecule has 0 radical (unpaired) electrons. The van der Waals surface area contributed by atoms with Gasteiger partial charge in [0.1, 0.15) is 0 Å². The van der Waals surface area contributed by atoms with Crippen LogP contribution in [-0.4, -0.2) is 60.1 Å². The quantitative estimate of drug-likeness (QED) is 0.872. The number of carbonyl (C=O) groups is 1. The Morgan fingerprint density at radius 1 is 1.09 bits per heavy atom. The van der Waals surface area contributed by atoms with Crippen LogP contribution < -0.4 is 0 Å². The molecule has 2 saturated heterocycles. The molecule has 2 fully saturated rings. The van der Waals surface area contributed by atoms with Crippen LogP contribution in [0.5, 0.6) is 0 Å². The van der Waals surface area contributed by atoms with Crippen molar-refractivity contribution in [2.24, 2.45) is 5.41 Å². The van der Waals surface area contributed by atoms with E-state index in [1.165, 1.54) is 5.56 Å². The highest BCUT2D eigenvalue weighted by Crippen LogP contribution is 2.40. The number of amides is 1. The normalized spacial score (nSPS) is 21.3. The molecule has 4 nitrogen and oxygen atoms in total. The number of hydrogen-bond acceptors (Lipinski definition) is 3. The van der Waals surface area contributed by atoms with Crippen molar-refractivity contribution < 1.29 is 9.90 Å². The van der Waals surface area contributed by atoms with Crippen LogP contribution in [0, 0.1) is 5.41 Å². The largest absolute Gasteiger partial charge is 0.395 e. The van der Waals surface area contributed by atoms with Crippen molar-refractivity contribution in [3.8, 4) is 0 Å². The first-order valence-corrected chi connectivity index (χ1v) is 8.86. The Morgan fingerprint density at radius 3 is 2.52 bits per heavy atom. The molecule has 23 heavy (non-hydrogen) atoms. The number of aryl methyl sites for hydroxylation is 1. The number of rotatable bonds is 6. The maximum atomic E-state index is 12.4. The van der Waals surface area contributed by atoms with Gasteiger partial charge in [0.05, 0.1) is 6.61 Å². The second kappa shape index (κ2) is 7.45.